The van der Waals surface area contributed by atoms with Gasteiger partial charge in [-0.3, -0.25) is 4.79 Å². The second-order valence-electron chi connectivity index (χ2n) is 5.90. The van der Waals surface area contributed by atoms with Crippen molar-refractivity contribution in [2.75, 3.05) is 33.4 Å². The fraction of sp³-hybridized carbons (Fsp3) is 0.933. The number of carboxylic acids is 1. The van der Waals surface area contributed by atoms with Gasteiger partial charge in [0, 0.05) is 13.7 Å². The van der Waals surface area contributed by atoms with E-state index in [1.54, 1.807) is 7.11 Å². The number of nitrogens with one attached hydrogen (secondary N) is 1. The molecule has 0 heterocycles. The highest BCUT2D eigenvalue weighted by atomic mass is 16.5. The lowest BCUT2D eigenvalue weighted by molar-refractivity contribution is -0.144. The van der Waals surface area contributed by atoms with Crippen molar-refractivity contribution in [1.29, 1.82) is 0 Å². The molecule has 1 fully saturated rings. The van der Waals surface area contributed by atoms with Gasteiger partial charge in [-0.15, -0.1) is 0 Å². The average molecular weight is 303 g/mol. The van der Waals surface area contributed by atoms with Crippen LogP contribution in [0.25, 0.3) is 0 Å². The molecule has 0 saturated heterocycles. The van der Waals surface area contributed by atoms with Crippen LogP contribution in [0.2, 0.25) is 0 Å². The third-order valence-corrected chi connectivity index (χ3v) is 3.99. The Bertz CT molecular complexity index is 300. The van der Waals surface area contributed by atoms with Crippen molar-refractivity contribution in [2.45, 2.75) is 44.8 Å². The molecule has 0 radical (unpaired) electrons. The van der Waals surface area contributed by atoms with E-state index in [1.165, 1.54) is 0 Å². The minimum absolute atomic E-state index is 0.0422. The largest absolute Gasteiger partial charge is 0.481 e. The van der Waals surface area contributed by atoms with Crippen molar-refractivity contribution in [3.63, 3.8) is 0 Å². The fourth-order valence-corrected chi connectivity index (χ4v) is 2.83. The van der Waals surface area contributed by atoms with Crippen LogP contribution in [0.15, 0.2) is 0 Å². The van der Waals surface area contributed by atoms with Crippen LogP contribution in [-0.4, -0.2) is 61.8 Å². The molecule has 0 amide bonds. The maximum Gasteiger partial charge on any atom is 0.306 e. The third kappa shape index (κ3) is 7.22. The van der Waals surface area contributed by atoms with Crippen LogP contribution in [-0.2, 0) is 14.3 Å². The molecule has 6 nitrogen and oxygen atoms in total. The lowest BCUT2D eigenvalue weighted by Gasteiger charge is -2.29. The summed E-state index contributed by atoms with van der Waals surface area (Å²) in [5.41, 5.74) is 0. The number of carbonyl (C=O) groups is 1. The number of aliphatic hydroxyl groups excluding tert-OH is 1. The summed E-state index contributed by atoms with van der Waals surface area (Å²) in [6.45, 7) is 3.71. The SMILES string of the molecule is COCC(C)OCC(O)CNCC1CCCCC1C(=O)O. The molecule has 0 aromatic rings. The first-order valence-corrected chi connectivity index (χ1v) is 7.76. The van der Waals surface area contributed by atoms with Gasteiger partial charge in [0.05, 0.1) is 31.3 Å². The van der Waals surface area contributed by atoms with Crippen LogP contribution >= 0.6 is 0 Å². The zero-order chi connectivity index (χ0) is 15.7. The summed E-state index contributed by atoms with van der Waals surface area (Å²) in [6.07, 6.45) is 3.18. The number of hydrogen-bond acceptors (Lipinski definition) is 5. The Hall–Kier alpha value is -0.690. The number of aliphatic hydroxyl groups is 1. The van der Waals surface area contributed by atoms with E-state index in [0.29, 0.717) is 19.7 Å². The van der Waals surface area contributed by atoms with Gasteiger partial charge in [0.15, 0.2) is 0 Å². The van der Waals surface area contributed by atoms with Crippen LogP contribution in [0.4, 0.5) is 0 Å². The second-order valence-corrected chi connectivity index (χ2v) is 5.90. The highest BCUT2D eigenvalue weighted by Gasteiger charge is 2.30. The van der Waals surface area contributed by atoms with Crippen molar-refractivity contribution >= 4 is 5.97 Å². The number of rotatable bonds is 10. The van der Waals surface area contributed by atoms with Gasteiger partial charge in [-0.2, -0.15) is 0 Å². The number of hydrogen-bond donors (Lipinski definition) is 3. The van der Waals surface area contributed by atoms with Crippen molar-refractivity contribution in [2.24, 2.45) is 11.8 Å². The van der Waals surface area contributed by atoms with E-state index in [1.807, 2.05) is 6.92 Å². The molecule has 0 aromatic carbocycles. The average Bonchev–Trinajstić information content (AvgIpc) is 2.46. The molecule has 4 atom stereocenters. The molecule has 0 aromatic heterocycles. The van der Waals surface area contributed by atoms with Crippen LogP contribution in [0.1, 0.15) is 32.6 Å². The zero-order valence-corrected chi connectivity index (χ0v) is 13.1. The van der Waals surface area contributed by atoms with E-state index < -0.39 is 12.1 Å². The molecular formula is C15H29NO5. The summed E-state index contributed by atoms with van der Waals surface area (Å²) in [5, 5.41) is 22.2. The van der Waals surface area contributed by atoms with Crippen molar-refractivity contribution in [1.82, 2.24) is 5.32 Å². The van der Waals surface area contributed by atoms with Crippen LogP contribution < -0.4 is 5.32 Å². The van der Waals surface area contributed by atoms with Crippen LogP contribution in [0.5, 0.6) is 0 Å². The summed E-state index contributed by atoms with van der Waals surface area (Å²) < 4.78 is 10.4. The van der Waals surface area contributed by atoms with Gasteiger partial charge >= 0.3 is 5.97 Å². The maximum absolute atomic E-state index is 11.2. The Kier molecular flexibility index (Phi) is 8.84. The lowest BCUT2D eigenvalue weighted by Crippen LogP contribution is -2.39. The highest BCUT2D eigenvalue weighted by molar-refractivity contribution is 5.70. The molecule has 1 saturated carbocycles. The molecule has 124 valence electrons. The molecule has 0 aliphatic heterocycles. The third-order valence-electron chi connectivity index (χ3n) is 3.99. The Balaban J connectivity index is 2.18. The standard InChI is InChI=1S/C15H29NO5/c1-11(9-20-2)21-10-13(17)8-16-7-12-5-3-4-6-14(12)15(18)19/h11-14,16-17H,3-10H2,1-2H3,(H,18,19). The van der Waals surface area contributed by atoms with Gasteiger partial charge in [0.25, 0.3) is 0 Å². The Morgan fingerprint density at radius 1 is 1.33 bits per heavy atom. The Morgan fingerprint density at radius 2 is 2.05 bits per heavy atom. The van der Waals surface area contributed by atoms with Crippen molar-refractivity contribution < 1.29 is 24.5 Å². The predicted octanol–water partition coefficient (Wildman–Crippen LogP) is 0.879. The summed E-state index contributed by atoms with van der Waals surface area (Å²) in [6, 6.07) is 0. The van der Waals surface area contributed by atoms with Crippen LogP contribution in [0.3, 0.4) is 0 Å². The second kappa shape index (κ2) is 10.1. The quantitative estimate of drug-likeness (QED) is 0.555. The van der Waals surface area contributed by atoms with E-state index >= 15 is 0 Å². The van der Waals surface area contributed by atoms with Gasteiger partial charge in [-0.05, 0) is 32.2 Å². The Labute approximate surface area is 126 Å². The summed E-state index contributed by atoms with van der Waals surface area (Å²) >= 11 is 0. The molecule has 0 bridgehead atoms. The summed E-state index contributed by atoms with van der Waals surface area (Å²) in [5.74, 6) is -0.781. The number of aliphatic carboxylic acids is 1. The first-order chi connectivity index (χ1) is 10.0. The van der Waals surface area contributed by atoms with Gasteiger partial charge in [-0.1, -0.05) is 12.8 Å². The maximum atomic E-state index is 11.2. The predicted molar refractivity (Wildman–Crippen MR) is 79.3 cm³/mol. The number of methoxy groups -OCH3 is 1. The summed E-state index contributed by atoms with van der Waals surface area (Å²) in [7, 11) is 1.61. The van der Waals surface area contributed by atoms with E-state index in [9.17, 15) is 15.0 Å². The molecule has 0 spiro atoms. The topological polar surface area (TPSA) is 88.0 Å². The molecule has 1 aliphatic carbocycles. The first kappa shape index (κ1) is 18.4. The number of carboxylic acid groups (broad SMARTS) is 1. The molecule has 1 rings (SSSR count). The van der Waals surface area contributed by atoms with Gasteiger partial charge < -0.3 is 25.0 Å². The Morgan fingerprint density at radius 3 is 2.71 bits per heavy atom. The molecule has 21 heavy (non-hydrogen) atoms. The van der Waals surface area contributed by atoms with Crippen molar-refractivity contribution in [3.05, 3.63) is 0 Å². The highest BCUT2D eigenvalue weighted by Crippen LogP contribution is 2.29. The van der Waals surface area contributed by atoms with Crippen molar-refractivity contribution in [3.8, 4) is 0 Å². The minimum atomic E-state index is -0.696. The lowest BCUT2D eigenvalue weighted by atomic mass is 9.79. The molecular weight excluding hydrogens is 274 g/mol. The zero-order valence-electron chi connectivity index (χ0n) is 13.1. The smallest absolute Gasteiger partial charge is 0.306 e. The molecule has 6 heteroatoms. The van der Waals surface area contributed by atoms with Gasteiger partial charge in [-0.25, -0.2) is 0 Å². The fourth-order valence-electron chi connectivity index (χ4n) is 2.83. The van der Waals surface area contributed by atoms with Gasteiger partial charge in [0.2, 0.25) is 0 Å². The van der Waals surface area contributed by atoms with E-state index in [-0.39, 0.29) is 24.5 Å². The first-order valence-electron chi connectivity index (χ1n) is 7.76. The monoisotopic (exact) mass is 303 g/mol. The normalized spacial score (nSPS) is 25.5. The van der Waals surface area contributed by atoms with E-state index in [4.69, 9.17) is 9.47 Å². The van der Waals surface area contributed by atoms with E-state index in [0.717, 1.165) is 25.7 Å². The molecule has 3 N–H and O–H groups in total. The van der Waals surface area contributed by atoms with Crippen LogP contribution in [0, 0.1) is 11.8 Å². The number of ether oxygens (including phenoxy) is 2. The molecule has 1 aliphatic rings. The summed E-state index contributed by atoms with van der Waals surface area (Å²) in [4.78, 5) is 11.2. The van der Waals surface area contributed by atoms with E-state index in [2.05, 4.69) is 5.32 Å². The van der Waals surface area contributed by atoms with Gasteiger partial charge in [0.1, 0.15) is 0 Å². The minimum Gasteiger partial charge on any atom is -0.481 e. The molecule has 4 unspecified atom stereocenters.